The van der Waals surface area contributed by atoms with Crippen LogP contribution in [0.1, 0.15) is 36.0 Å². The highest BCUT2D eigenvalue weighted by atomic mass is 35.5. The molecule has 20 heavy (non-hydrogen) atoms. The minimum absolute atomic E-state index is 0.0683. The Morgan fingerprint density at radius 3 is 2.70 bits per heavy atom. The zero-order valence-electron chi connectivity index (χ0n) is 10.8. The summed E-state index contributed by atoms with van der Waals surface area (Å²) in [7, 11) is 0. The van der Waals surface area contributed by atoms with Crippen LogP contribution in [0.15, 0.2) is 12.1 Å². The Morgan fingerprint density at radius 1 is 1.25 bits per heavy atom. The average molecular weight is 306 g/mol. The van der Waals surface area contributed by atoms with Crippen molar-refractivity contribution in [3.05, 3.63) is 35.1 Å². The first kappa shape index (κ1) is 15.2. The Hall–Kier alpha value is -1.23. The Kier molecular flexibility index (Phi) is 4.91. The van der Waals surface area contributed by atoms with Gasteiger partial charge in [0.25, 0.3) is 5.91 Å². The van der Waals surface area contributed by atoms with Crippen LogP contribution >= 0.6 is 11.6 Å². The van der Waals surface area contributed by atoms with Crippen LogP contribution in [0.5, 0.6) is 0 Å². The molecular weight excluding hydrogens is 291 g/mol. The van der Waals surface area contributed by atoms with E-state index in [1.807, 2.05) is 0 Å². The van der Waals surface area contributed by atoms with Crippen LogP contribution in [0.2, 0.25) is 0 Å². The number of nitrogens with zero attached hydrogens (tertiary/aromatic N) is 1. The molecule has 1 heterocycles. The van der Waals surface area contributed by atoms with E-state index in [2.05, 4.69) is 0 Å². The summed E-state index contributed by atoms with van der Waals surface area (Å²) in [5.41, 5.74) is -0.426. The summed E-state index contributed by atoms with van der Waals surface area (Å²) in [5.74, 6) is -4.53. The van der Waals surface area contributed by atoms with Crippen molar-refractivity contribution in [3.8, 4) is 0 Å². The molecule has 1 unspecified atom stereocenters. The summed E-state index contributed by atoms with van der Waals surface area (Å²) in [6, 6.07) is 1.69. The molecule has 1 aromatic carbocycles. The zero-order valence-corrected chi connectivity index (χ0v) is 11.6. The molecule has 1 atom stereocenters. The number of piperidine rings is 1. The Bertz CT molecular complexity index is 507. The molecule has 0 radical (unpaired) electrons. The third kappa shape index (κ3) is 2.92. The van der Waals surface area contributed by atoms with Crippen molar-refractivity contribution in [1.82, 2.24) is 4.90 Å². The number of hydrogen-bond donors (Lipinski definition) is 0. The second-order valence-corrected chi connectivity index (χ2v) is 5.23. The standard InChI is InChI=1S/C14H15ClF3NO/c15-7-6-9-3-1-2-8-19(9)14(20)10-4-5-11(16)13(18)12(10)17/h4-5,9H,1-3,6-8H2. The topological polar surface area (TPSA) is 20.3 Å². The predicted molar refractivity (Wildman–Crippen MR) is 70.3 cm³/mol. The Balaban J connectivity index is 2.27. The number of carbonyl (C=O) groups is 1. The van der Waals surface area contributed by atoms with E-state index in [0.717, 1.165) is 31.4 Å². The van der Waals surface area contributed by atoms with E-state index < -0.39 is 28.9 Å². The van der Waals surface area contributed by atoms with E-state index in [9.17, 15) is 18.0 Å². The molecule has 0 N–H and O–H groups in total. The van der Waals surface area contributed by atoms with E-state index >= 15 is 0 Å². The molecular formula is C14H15ClF3NO. The molecule has 0 aliphatic carbocycles. The summed E-state index contributed by atoms with van der Waals surface area (Å²) < 4.78 is 39.8. The highest BCUT2D eigenvalue weighted by Crippen LogP contribution is 2.24. The second kappa shape index (κ2) is 6.48. The van der Waals surface area contributed by atoms with Crippen LogP contribution in [0.3, 0.4) is 0 Å². The number of hydrogen-bond acceptors (Lipinski definition) is 1. The number of rotatable bonds is 3. The first-order chi connectivity index (χ1) is 9.56. The van der Waals surface area contributed by atoms with Crippen molar-refractivity contribution in [3.63, 3.8) is 0 Å². The van der Waals surface area contributed by atoms with Crippen molar-refractivity contribution >= 4 is 17.5 Å². The van der Waals surface area contributed by atoms with Gasteiger partial charge in [-0.3, -0.25) is 4.79 Å². The molecule has 1 aliphatic rings. The van der Waals surface area contributed by atoms with Gasteiger partial charge in [0.2, 0.25) is 0 Å². The molecule has 0 aromatic heterocycles. The lowest BCUT2D eigenvalue weighted by atomic mass is 9.98. The van der Waals surface area contributed by atoms with Gasteiger partial charge in [0.1, 0.15) is 0 Å². The fourth-order valence-electron chi connectivity index (χ4n) is 2.54. The average Bonchev–Trinajstić information content (AvgIpc) is 2.45. The Labute approximate surface area is 120 Å². The summed E-state index contributed by atoms with van der Waals surface area (Å²) in [6.45, 7) is 0.485. The van der Waals surface area contributed by atoms with E-state index in [0.29, 0.717) is 18.8 Å². The van der Waals surface area contributed by atoms with Crippen molar-refractivity contribution in [2.45, 2.75) is 31.7 Å². The summed E-state index contributed by atoms with van der Waals surface area (Å²) in [6.07, 6.45) is 3.20. The van der Waals surface area contributed by atoms with Gasteiger partial charge < -0.3 is 4.90 Å². The van der Waals surface area contributed by atoms with Gasteiger partial charge in [0.15, 0.2) is 17.5 Å². The molecule has 1 aromatic rings. The maximum Gasteiger partial charge on any atom is 0.257 e. The van der Waals surface area contributed by atoms with Gasteiger partial charge in [-0.2, -0.15) is 0 Å². The molecule has 0 bridgehead atoms. The SMILES string of the molecule is O=C(c1ccc(F)c(F)c1F)N1CCCCC1CCCl. The lowest BCUT2D eigenvalue weighted by molar-refractivity contribution is 0.0603. The first-order valence-corrected chi connectivity index (χ1v) is 7.10. The third-order valence-corrected chi connectivity index (χ3v) is 3.81. The normalized spacial score (nSPS) is 19.2. The largest absolute Gasteiger partial charge is 0.336 e. The van der Waals surface area contributed by atoms with Gasteiger partial charge >= 0.3 is 0 Å². The summed E-state index contributed by atoms with van der Waals surface area (Å²) >= 11 is 5.71. The number of halogens is 4. The molecule has 110 valence electrons. The number of carbonyl (C=O) groups excluding carboxylic acids is 1. The highest BCUT2D eigenvalue weighted by Gasteiger charge is 2.29. The van der Waals surface area contributed by atoms with Gasteiger partial charge in [-0.15, -0.1) is 11.6 Å². The van der Waals surface area contributed by atoms with Crippen molar-refractivity contribution in [2.75, 3.05) is 12.4 Å². The summed E-state index contributed by atoms with van der Waals surface area (Å²) in [5, 5.41) is 0. The van der Waals surface area contributed by atoms with E-state index in [-0.39, 0.29) is 6.04 Å². The fraction of sp³-hybridized carbons (Fsp3) is 0.500. The van der Waals surface area contributed by atoms with Crippen LogP contribution in [-0.2, 0) is 0 Å². The van der Waals surface area contributed by atoms with Crippen LogP contribution < -0.4 is 0 Å². The monoisotopic (exact) mass is 305 g/mol. The van der Waals surface area contributed by atoms with E-state index in [4.69, 9.17) is 11.6 Å². The Morgan fingerprint density at radius 2 is 2.00 bits per heavy atom. The molecule has 6 heteroatoms. The molecule has 1 amide bonds. The van der Waals surface area contributed by atoms with Crippen LogP contribution in [0, 0.1) is 17.5 Å². The minimum atomic E-state index is -1.61. The number of benzene rings is 1. The van der Waals surface area contributed by atoms with Crippen LogP contribution in [-0.4, -0.2) is 29.3 Å². The fourth-order valence-corrected chi connectivity index (χ4v) is 2.79. The highest BCUT2D eigenvalue weighted by molar-refractivity contribution is 6.17. The molecule has 0 saturated carbocycles. The first-order valence-electron chi connectivity index (χ1n) is 6.56. The van der Waals surface area contributed by atoms with Gasteiger partial charge in [0, 0.05) is 18.5 Å². The van der Waals surface area contributed by atoms with E-state index in [1.54, 1.807) is 0 Å². The van der Waals surface area contributed by atoms with Crippen molar-refractivity contribution in [2.24, 2.45) is 0 Å². The number of likely N-dealkylation sites (tertiary alicyclic amines) is 1. The van der Waals surface area contributed by atoms with Crippen molar-refractivity contribution < 1.29 is 18.0 Å². The molecule has 2 nitrogen and oxygen atoms in total. The third-order valence-electron chi connectivity index (χ3n) is 3.60. The molecule has 1 saturated heterocycles. The molecule has 2 rings (SSSR count). The van der Waals surface area contributed by atoms with Crippen molar-refractivity contribution in [1.29, 1.82) is 0 Å². The van der Waals surface area contributed by atoms with Gasteiger partial charge in [-0.1, -0.05) is 0 Å². The lowest BCUT2D eigenvalue weighted by Gasteiger charge is -2.35. The summed E-state index contributed by atoms with van der Waals surface area (Å²) in [4.78, 5) is 13.8. The molecule has 1 fully saturated rings. The molecule has 0 spiro atoms. The quantitative estimate of drug-likeness (QED) is 0.615. The van der Waals surface area contributed by atoms with E-state index in [1.165, 1.54) is 4.90 Å². The lowest BCUT2D eigenvalue weighted by Crippen LogP contribution is -2.44. The zero-order chi connectivity index (χ0) is 14.7. The van der Waals surface area contributed by atoms with Gasteiger partial charge in [-0.05, 0) is 37.8 Å². The van der Waals surface area contributed by atoms with Gasteiger partial charge in [-0.25, -0.2) is 13.2 Å². The van der Waals surface area contributed by atoms with Gasteiger partial charge in [0.05, 0.1) is 5.56 Å². The number of amides is 1. The molecule has 1 aliphatic heterocycles. The smallest absolute Gasteiger partial charge is 0.257 e. The van der Waals surface area contributed by atoms with Crippen LogP contribution in [0.4, 0.5) is 13.2 Å². The number of alkyl halides is 1. The second-order valence-electron chi connectivity index (χ2n) is 4.85. The predicted octanol–water partition coefficient (Wildman–Crippen LogP) is 3.73. The maximum absolute atomic E-state index is 13.7. The minimum Gasteiger partial charge on any atom is -0.336 e. The maximum atomic E-state index is 13.7. The van der Waals surface area contributed by atoms with Crippen LogP contribution in [0.25, 0.3) is 0 Å².